The molecule has 1 aromatic heterocycles. The Morgan fingerprint density at radius 2 is 1.82 bits per heavy atom. The van der Waals surface area contributed by atoms with Gasteiger partial charge in [0.05, 0.1) is 0 Å². The number of thioether (sulfide) groups is 2. The SMILES string of the molecule is Cc1ccc(SCCSc2nnc(COc3ccccc3F)n2[C@H](C)[C@H]2C[C@H]3CC[C@H]2C3)cc1. The maximum Gasteiger partial charge on any atom is 0.191 e. The number of aromatic nitrogens is 3. The van der Waals surface area contributed by atoms with Crippen LogP contribution in [0, 0.1) is 30.5 Å². The van der Waals surface area contributed by atoms with Crippen LogP contribution in [0.5, 0.6) is 5.75 Å². The summed E-state index contributed by atoms with van der Waals surface area (Å²) in [6, 6.07) is 15.5. The lowest BCUT2D eigenvalue weighted by molar-refractivity contribution is 0.215. The number of hydrogen-bond acceptors (Lipinski definition) is 5. The van der Waals surface area contributed by atoms with Gasteiger partial charge in [0.2, 0.25) is 0 Å². The van der Waals surface area contributed by atoms with Crippen molar-refractivity contribution in [2.75, 3.05) is 11.5 Å². The molecule has 34 heavy (non-hydrogen) atoms. The fourth-order valence-electron chi connectivity index (χ4n) is 5.62. The lowest BCUT2D eigenvalue weighted by atomic mass is 9.84. The van der Waals surface area contributed by atoms with Gasteiger partial charge in [0, 0.05) is 22.4 Å². The largest absolute Gasteiger partial charge is 0.483 e. The normalized spacial score (nSPS) is 22.3. The van der Waals surface area contributed by atoms with Gasteiger partial charge >= 0.3 is 0 Å². The van der Waals surface area contributed by atoms with Crippen LogP contribution in [0.4, 0.5) is 4.39 Å². The van der Waals surface area contributed by atoms with Crippen LogP contribution in [0.15, 0.2) is 58.6 Å². The van der Waals surface area contributed by atoms with E-state index in [-0.39, 0.29) is 18.2 Å². The van der Waals surface area contributed by atoms with Gasteiger partial charge in [-0.05, 0) is 75.1 Å². The highest BCUT2D eigenvalue weighted by atomic mass is 32.2. The highest BCUT2D eigenvalue weighted by Crippen LogP contribution is 2.52. The summed E-state index contributed by atoms with van der Waals surface area (Å²) in [6.45, 7) is 4.64. The molecule has 4 nitrogen and oxygen atoms in total. The number of aryl methyl sites for hydroxylation is 1. The first-order valence-electron chi connectivity index (χ1n) is 12.2. The summed E-state index contributed by atoms with van der Waals surface area (Å²) in [6.07, 6.45) is 5.40. The van der Waals surface area contributed by atoms with Crippen LogP contribution >= 0.6 is 23.5 Å². The zero-order valence-corrected chi connectivity index (χ0v) is 21.5. The van der Waals surface area contributed by atoms with E-state index in [0.29, 0.717) is 12.0 Å². The van der Waals surface area contributed by atoms with E-state index in [0.717, 1.165) is 34.3 Å². The lowest BCUT2D eigenvalue weighted by Gasteiger charge is -2.30. The van der Waals surface area contributed by atoms with Crippen LogP contribution in [0.25, 0.3) is 0 Å². The number of benzene rings is 2. The third-order valence-corrected chi connectivity index (χ3v) is 9.57. The van der Waals surface area contributed by atoms with Crippen LogP contribution in [-0.2, 0) is 6.61 Å². The monoisotopic (exact) mass is 497 g/mol. The van der Waals surface area contributed by atoms with E-state index in [2.05, 4.69) is 52.9 Å². The van der Waals surface area contributed by atoms with Crippen molar-refractivity contribution in [3.63, 3.8) is 0 Å². The van der Waals surface area contributed by atoms with Gasteiger partial charge < -0.3 is 4.74 Å². The van der Waals surface area contributed by atoms with Gasteiger partial charge in [0.25, 0.3) is 0 Å². The molecular formula is C27H32FN3OS2. The second-order valence-electron chi connectivity index (χ2n) is 9.58. The molecule has 2 aliphatic carbocycles. The highest BCUT2D eigenvalue weighted by Gasteiger charge is 2.43. The van der Waals surface area contributed by atoms with Crippen molar-refractivity contribution in [2.24, 2.45) is 17.8 Å². The molecule has 7 heteroatoms. The minimum absolute atomic E-state index is 0.220. The summed E-state index contributed by atoms with van der Waals surface area (Å²) >= 11 is 3.63. The smallest absolute Gasteiger partial charge is 0.191 e. The molecule has 180 valence electrons. The molecule has 2 aliphatic rings. The van der Waals surface area contributed by atoms with Gasteiger partial charge in [-0.25, -0.2) is 4.39 Å². The Hall–Kier alpha value is -1.99. The third kappa shape index (κ3) is 5.30. The summed E-state index contributed by atoms with van der Waals surface area (Å²) in [4.78, 5) is 1.29. The van der Waals surface area contributed by atoms with Crippen molar-refractivity contribution in [3.05, 3.63) is 65.7 Å². The van der Waals surface area contributed by atoms with Crippen molar-refractivity contribution in [1.29, 1.82) is 0 Å². The summed E-state index contributed by atoms with van der Waals surface area (Å²) in [7, 11) is 0. The first-order valence-corrected chi connectivity index (χ1v) is 14.2. The molecule has 0 unspecified atom stereocenters. The van der Waals surface area contributed by atoms with Crippen LogP contribution < -0.4 is 4.74 Å². The molecule has 0 saturated heterocycles. The molecule has 1 heterocycles. The predicted octanol–water partition coefficient (Wildman–Crippen LogP) is 7.19. The van der Waals surface area contributed by atoms with Gasteiger partial charge in [-0.15, -0.1) is 22.0 Å². The number of halogens is 1. The zero-order chi connectivity index (χ0) is 23.5. The second-order valence-corrected chi connectivity index (χ2v) is 11.8. The summed E-state index contributed by atoms with van der Waals surface area (Å²) < 4.78 is 22.2. The summed E-state index contributed by atoms with van der Waals surface area (Å²) in [5.41, 5.74) is 1.28. The lowest BCUT2D eigenvalue weighted by Crippen LogP contribution is -2.24. The zero-order valence-electron chi connectivity index (χ0n) is 19.8. The molecule has 4 atom stereocenters. The Kier molecular flexibility index (Phi) is 7.49. The second kappa shape index (κ2) is 10.7. The molecule has 2 fully saturated rings. The molecule has 0 radical (unpaired) electrons. The van der Waals surface area contributed by atoms with Crippen LogP contribution in [0.1, 0.15) is 50.0 Å². The summed E-state index contributed by atoms with van der Waals surface area (Å²) in [5, 5.41) is 10.0. The predicted molar refractivity (Wildman–Crippen MR) is 137 cm³/mol. The fraction of sp³-hybridized carbons (Fsp3) is 0.481. The Labute approximate surface area is 210 Å². The standard InChI is InChI=1S/C27H32FN3OS2/c1-18-7-11-22(12-8-18)33-13-14-34-27-30-29-26(17-32-25-6-4-3-5-24(25)28)31(27)19(2)23-16-20-9-10-21(23)15-20/h3-8,11-12,19-21,23H,9-10,13-17H2,1-2H3/t19-,20+,21+,23-/m1/s1. The number of fused-ring (bicyclic) bond motifs is 2. The number of ether oxygens (including phenoxy) is 1. The van der Waals surface area contributed by atoms with E-state index in [1.807, 2.05) is 11.8 Å². The first-order chi connectivity index (χ1) is 16.6. The fourth-order valence-corrected chi connectivity index (χ4v) is 7.54. The molecule has 0 aliphatic heterocycles. The van der Waals surface area contributed by atoms with Crippen molar-refractivity contribution in [2.45, 2.75) is 62.2 Å². The van der Waals surface area contributed by atoms with Crippen molar-refractivity contribution in [3.8, 4) is 5.75 Å². The van der Waals surface area contributed by atoms with Gasteiger partial charge in [0.15, 0.2) is 22.5 Å². The molecule has 0 amide bonds. The van der Waals surface area contributed by atoms with E-state index in [9.17, 15) is 4.39 Å². The molecule has 0 N–H and O–H groups in total. The number of hydrogen-bond donors (Lipinski definition) is 0. The van der Waals surface area contributed by atoms with E-state index >= 15 is 0 Å². The van der Waals surface area contributed by atoms with E-state index < -0.39 is 0 Å². The van der Waals surface area contributed by atoms with Gasteiger partial charge in [0.1, 0.15) is 6.61 Å². The minimum Gasteiger partial charge on any atom is -0.483 e. The van der Waals surface area contributed by atoms with E-state index in [1.54, 1.807) is 30.0 Å². The maximum atomic E-state index is 14.1. The third-order valence-electron chi connectivity index (χ3n) is 7.35. The number of para-hydroxylation sites is 1. The Bertz CT molecular complexity index is 1100. The van der Waals surface area contributed by atoms with E-state index in [4.69, 9.17) is 4.74 Å². The van der Waals surface area contributed by atoms with Crippen molar-refractivity contribution in [1.82, 2.24) is 14.8 Å². The molecule has 5 rings (SSSR count). The molecule has 2 saturated carbocycles. The first kappa shape index (κ1) is 23.7. The quantitative estimate of drug-likeness (QED) is 0.219. The molecule has 3 aromatic rings. The number of nitrogens with zero attached hydrogens (tertiary/aromatic N) is 3. The highest BCUT2D eigenvalue weighted by molar-refractivity contribution is 8.02. The van der Waals surface area contributed by atoms with Gasteiger partial charge in [-0.3, -0.25) is 4.57 Å². The average molecular weight is 498 g/mol. The van der Waals surface area contributed by atoms with Gasteiger partial charge in [-0.2, -0.15) is 0 Å². The van der Waals surface area contributed by atoms with Gasteiger partial charge in [-0.1, -0.05) is 48.0 Å². The Morgan fingerprint density at radius 3 is 2.56 bits per heavy atom. The maximum absolute atomic E-state index is 14.1. The topological polar surface area (TPSA) is 39.9 Å². The van der Waals surface area contributed by atoms with E-state index in [1.165, 1.54) is 42.2 Å². The van der Waals surface area contributed by atoms with Crippen LogP contribution in [0.2, 0.25) is 0 Å². The molecule has 2 bridgehead atoms. The van der Waals surface area contributed by atoms with Crippen LogP contribution in [-0.4, -0.2) is 26.3 Å². The molecule has 2 aromatic carbocycles. The Balaban J connectivity index is 1.28. The summed E-state index contributed by atoms with van der Waals surface area (Å²) in [5.74, 6) is 4.99. The minimum atomic E-state index is -0.350. The molecular weight excluding hydrogens is 465 g/mol. The van der Waals surface area contributed by atoms with Crippen molar-refractivity contribution >= 4 is 23.5 Å². The van der Waals surface area contributed by atoms with Crippen LogP contribution in [0.3, 0.4) is 0 Å². The molecule has 0 spiro atoms. The Morgan fingerprint density at radius 1 is 1.03 bits per heavy atom. The van der Waals surface area contributed by atoms with Crippen molar-refractivity contribution < 1.29 is 9.13 Å². The number of rotatable bonds is 10. The average Bonchev–Trinajstić information content (AvgIpc) is 3.58.